The fraction of sp³-hybridized carbons (Fsp3) is 0.588. The van der Waals surface area contributed by atoms with Crippen molar-refractivity contribution in [2.75, 3.05) is 25.5 Å². The molecule has 2 N–H and O–H groups in total. The van der Waals surface area contributed by atoms with Gasteiger partial charge < -0.3 is 20.4 Å². The second kappa shape index (κ2) is 6.98. The van der Waals surface area contributed by atoms with Gasteiger partial charge in [0.1, 0.15) is 11.3 Å². The zero-order valence-electron chi connectivity index (χ0n) is 14.3. The highest BCUT2D eigenvalue weighted by Gasteiger charge is 2.28. The summed E-state index contributed by atoms with van der Waals surface area (Å²) < 4.78 is 5.42. The van der Waals surface area contributed by atoms with Crippen LogP contribution in [0.15, 0.2) is 12.1 Å². The number of amides is 1. The standard InChI is InChI=1S/C17H26N4O2/c1-17(2,3)23-16(22)21-9-7-12(8-10-21)13-5-6-14(19-4)15(11-18)20-13/h5-6,11-12,18-19H,7-10H2,1-4H3. The summed E-state index contributed by atoms with van der Waals surface area (Å²) in [4.78, 5) is 18.4. The molecular formula is C17H26N4O2. The van der Waals surface area contributed by atoms with E-state index in [1.54, 1.807) is 4.90 Å². The number of rotatable bonds is 3. The third-order valence-electron chi connectivity index (χ3n) is 3.92. The molecule has 0 unspecified atom stereocenters. The molecule has 2 heterocycles. The first kappa shape index (κ1) is 17.2. The van der Waals surface area contributed by atoms with Crippen LogP contribution in [0, 0.1) is 5.41 Å². The van der Waals surface area contributed by atoms with Crippen LogP contribution >= 0.6 is 0 Å². The fourth-order valence-corrected chi connectivity index (χ4v) is 2.72. The highest BCUT2D eigenvalue weighted by atomic mass is 16.6. The van der Waals surface area contributed by atoms with Crippen LogP contribution in [0.2, 0.25) is 0 Å². The molecule has 0 bridgehead atoms. The number of nitrogens with one attached hydrogen (secondary N) is 2. The van der Waals surface area contributed by atoms with Gasteiger partial charge in [0.2, 0.25) is 0 Å². The molecular weight excluding hydrogens is 292 g/mol. The summed E-state index contributed by atoms with van der Waals surface area (Å²) in [5, 5.41) is 10.5. The molecule has 1 aliphatic rings. The Balaban J connectivity index is 1.99. The van der Waals surface area contributed by atoms with Gasteiger partial charge in [0.25, 0.3) is 0 Å². The number of nitrogens with zero attached hydrogens (tertiary/aromatic N) is 2. The molecule has 1 aliphatic heterocycles. The van der Waals surface area contributed by atoms with Crippen molar-refractivity contribution in [1.82, 2.24) is 9.88 Å². The predicted octanol–water partition coefficient (Wildman–Crippen LogP) is 3.24. The number of pyridine rings is 1. The lowest BCUT2D eigenvalue weighted by Crippen LogP contribution is -2.41. The van der Waals surface area contributed by atoms with E-state index in [1.165, 1.54) is 6.21 Å². The maximum Gasteiger partial charge on any atom is 0.410 e. The molecule has 126 valence electrons. The Hall–Kier alpha value is -2.11. The summed E-state index contributed by atoms with van der Waals surface area (Å²) in [6.07, 6.45) is 2.76. The Morgan fingerprint density at radius 3 is 2.57 bits per heavy atom. The summed E-state index contributed by atoms with van der Waals surface area (Å²) in [5.74, 6) is 0.318. The maximum absolute atomic E-state index is 12.1. The Bertz CT molecular complexity index is 572. The monoisotopic (exact) mass is 318 g/mol. The highest BCUT2D eigenvalue weighted by Crippen LogP contribution is 2.28. The molecule has 1 amide bonds. The van der Waals surface area contributed by atoms with Crippen molar-refractivity contribution < 1.29 is 9.53 Å². The van der Waals surface area contributed by atoms with Gasteiger partial charge in [0.05, 0.1) is 5.69 Å². The van der Waals surface area contributed by atoms with E-state index in [2.05, 4.69) is 10.3 Å². The lowest BCUT2D eigenvalue weighted by atomic mass is 9.93. The van der Waals surface area contributed by atoms with Gasteiger partial charge in [0.15, 0.2) is 0 Å². The van der Waals surface area contributed by atoms with Crippen LogP contribution in [0.3, 0.4) is 0 Å². The number of anilines is 1. The second-order valence-corrected chi connectivity index (χ2v) is 6.80. The van der Waals surface area contributed by atoms with E-state index < -0.39 is 5.60 Å². The maximum atomic E-state index is 12.1. The molecule has 0 aromatic carbocycles. The van der Waals surface area contributed by atoms with Gasteiger partial charge in [-0.1, -0.05) is 0 Å². The Morgan fingerprint density at radius 2 is 2.04 bits per heavy atom. The number of carbonyl (C=O) groups excluding carboxylic acids is 1. The predicted molar refractivity (Wildman–Crippen MR) is 91.5 cm³/mol. The van der Waals surface area contributed by atoms with Gasteiger partial charge in [-0.15, -0.1) is 0 Å². The first-order valence-corrected chi connectivity index (χ1v) is 8.01. The van der Waals surface area contributed by atoms with Crippen LogP contribution in [0.25, 0.3) is 0 Å². The first-order valence-electron chi connectivity index (χ1n) is 8.01. The summed E-state index contributed by atoms with van der Waals surface area (Å²) in [5.41, 5.74) is 2.04. The van der Waals surface area contributed by atoms with Gasteiger partial charge in [0, 0.05) is 38.0 Å². The number of ether oxygens (including phenoxy) is 1. The minimum Gasteiger partial charge on any atom is -0.444 e. The van der Waals surface area contributed by atoms with Crippen molar-refractivity contribution in [3.05, 3.63) is 23.5 Å². The number of hydrogen-bond donors (Lipinski definition) is 2. The molecule has 1 fully saturated rings. The number of piperidine rings is 1. The van der Waals surface area contributed by atoms with E-state index in [9.17, 15) is 4.79 Å². The summed E-state index contributed by atoms with van der Waals surface area (Å²) in [6, 6.07) is 3.97. The summed E-state index contributed by atoms with van der Waals surface area (Å²) >= 11 is 0. The highest BCUT2D eigenvalue weighted by molar-refractivity contribution is 5.83. The zero-order chi connectivity index (χ0) is 17.0. The largest absolute Gasteiger partial charge is 0.444 e. The van der Waals surface area contributed by atoms with Gasteiger partial charge in [-0.25, -0.2) is 9.78 Å². The lowest BCUT2D eigenvalue weighted by Gasteiger charge is -2.33. The van der Waals surface area contributed by atoms with E-state index in [0.29, 0.717) is 24.7 Å². The number of hydrogen-bond acceptors (Lipinski definition) is 5. The smallest absolute Gasteiger partial charge is 0.410 e. The molecule has 2 rings (SSSR count). The minimum absolute atomic E-state index is 0.241. The average Bonchev–Trinajstić information content (AvgIpc) is 2.52. The second-order valence-electron chi connectivity index (χ2n) is 6.80. The van der Waals surface area contributed by atoms with E-state index >= 15 is 0 Å². The SMILES string of the molecule is CNc1ccc(C2CCN(C(=O)OC(C)(C)C)CC2)nc1C=N. The van der Waals surface area contributed by atoms with Crippen LogP contribution in [0.1, 0.15) is 50.9 Å². The van der Waals surface area contributed by atoms with E-state index in [0.717, 1.165) is 24.2 Å². The van der Waals surface area contributed by atoms with Crippen molar-refractivity contribution >= 4 is 18.0 Å². The van der Waals surface area contributed by atoms with Crippen molar-refractivity contribution in [1.29, 1.82) is 5.41 Å². The van der Waals surface area contributed by atoms with Crippen molar-refractivity contribution in [3.63, 3.8) is 0 Å². The topological polar surface area (TPSA) is 78.3 Å². The van der Waals surface area contributed by atoms with Crippen LogP contribution in [0.4, 0.5) is 10.5 Å². The molecule has 1 saturated heterocycles. The Labute approximate surface area is 137 Å². The number of aromatic nitrogens is 1. The van der Waals surface area contributed by atoms with Crippen LogP contribution in [-0.2, 0) is 4.74 Å². The first-order chi connectivity index (χ1) is 10.8. The summed E-state index contributed by atoms with van der Waals surface area (Å²) in [6.45, 7) is 6.99. The molecule has 6 heteroatoms. The summed E-state index contributed by atoms with van der Waals surface area (Å²) in [7, 11) is 1.82. The fourth-order valence-electron chi connectivity index (χ4n) is 2.72. The van der Waals surface area contributed by atoms with Crippen LogP contribution in [0.5, 0.6) is 0 Å². The quantitative estimate of drug-likeness (QED) is 0.839. The molecule has 0 spiro atoms. The zero-order valence-corrected chi connectivity index (χ0v) is 14.3. The number of carbonyl (C=O) groups is 1. The van der Waals surface area contributed by atoms with Crippen LogP contribution in [-0.4, -0.2) is 47.9 Å². The molecule has 0 radical (unpaired) electrons. The Kier molecular flexibility index (Phi) is 5.23. The van der Waals surface area contributed by atoms with E-state index in [1.807, 2.05) is 40.0 Å². The molecule has 0 atom stereocenters. The molecule has 1 aromatic rings. The number of likely N-dealkylation sites (tertiary alicyclic amines) is 1. The Morgan fingerprint density at radius 1 is 1.39 bits per heavy atom. The van der Waals surface area contributed by atoms with Gasteiger partial charge in [-0.2, -0.15) is 0 Å². The lowest BCUT2D eigenvalue weighted by molar-refractivity contribution is 0.0204. The third-order valence-corrected chi connectivity index (χ3v) is 3.92. The minimum atomic E-state index is -0.461. The van der Waals surface area contributed by atoms with Gasteiger partial charge >= 0.3 is 6.09 Å². The van der Waals surface area contributed by atoms with Gasteiger partial charge in [-0.05, 0) is 45.7 Å². The van der Waals surface area contributed by atoms with Crippen molar-refractivity contribution in [2.24, 2.45) is 0 Å². The molecule has 23 heavy (non-hydrogen) atoms. The molecule has 1 aromatic heterocycles. The van der Waals surface area contributed by atoms with Gasteiger partial charge in [-0.3, -0.25) is 0 Å². The molecule has 6 nitrogen and oxygen atoms in total. The molecule has 0 aliphatic carbocycles. The average molecular weight is 318 g/mol. The van der Waals surface area contributed by atoms with Crippen molar-refractivity contribution in [3.8, 4) is 0 Å². The normalized spacial score (nSPS) is 16.1. The van der Waals surface area contributed by atoms with E-state index in [4.69, 9.17) is 10.1 Å². The molecule has 0 saturated carbocycles. The third kappa shape index (κ3) is 4.43. The van der Waals surface area contributed by atoms with Crippen LogP contribution < -0.4 is 5.32 Å². The van der Waals surface area contributed by atoms with E-state index in [-0.39, 0.29) is 6.09 Å². The van der Waals surface area contributed by atoms with Crippen molar-refractivity contribution in [2.45, 2.75) is 45.1 Å².